The first-order chi connectivity index (χ1) is 8.78. The van der Waals surface area contributed by atoms with Gasteiger partial charge in [-0.15, -0.1) is 0 Å². The smallest absolute Gasteiger partial charge is 0.128 e. The number of nitriles is 1. The van der Waals surface area contributed by atoms with Crippen molar-refractivity contribution in [2.45, 2.75) is 19.9 Å². The van der Waals surface area contributed by atoms with Gasteiger partial charge in [-0.1, -0.05) is 6.92 Å². The van der Waals surface area contributed by atoms with Crippen LogP contribution in [-0.2, 0) is 6.54 Å². The van der Waals surface area contributed by atoms with E-state index in [1.165, 1.54) is 0 Å². The maximum atomic E-state index is 8.87. The quantitative estimate of drug-likeness (QED) is 0.827. The Morgan fingerprint density at radius 1 is 1.44 bits per heavy atom. The molecule has 0 unspecified atom stereocenters. The molecule has 0 amide bonds. The Morgan fingerprint density at radius 2 is 2.28 bits per heavy atom. The van der Waals surface area contributed by atoms with Crippen LogP contribution in [0.1, 0.15) is 18.9 Å². The monoisotopic (exact) mass is 241 g/mol. The highest BCUT2D eigenvalue weighted by Crippen LogP contribution is 2.30. The van der Waals surface area contributed by atoms with Crippen molar-refractivity contribution in [3.05, 3.63) is 36.2 Å². The molecule has 0 saturated heterocycles. The van der Waals surface area contributed by atoms with Crippen LogP contribution in [0.5, 0.6) is 5.75 Å². The third-order valence-electron chi connectivity index (χ3n) is 2.73. The highest BCUT2D eigenvalue weighted by Gasteiger charge is 2.09. The van der Waals surface area contributed by atoms with Gasteiger partial charge in [0, 0.05) is 23.9 Å². The summed E-state index contributed by atoms with van der Waals surface area (Å²) < 4.78 is 7.23. The Kier molecular flexibility index (Phi) is 3.63. The van der Waals surface area contributed by atoms with Crippen LogP contribution in [0.2, 0.25) is 0 Å². The lowest BCUT2D eigenvalue weighted by Gasteiger charge is -2.06. The molecule has 92 valence electrons. The molecule has 0 bridgehead atoms. The second kappa shape index (κ2) is 5.37. The molecule has 0 saturated carbocycles. The summed E-state index contributed by atoms with van der Waals surface area (Å²) in [5, 5.41) is 13.2. The maximum Gasteiger partial charge on any atom is 0.128 e. The van der Waals surface area contributed by atoms with E-state index in [1.807, 2.05) is 23.1 Å². The zero-order valence-corrected chi connectivity index (χ0v) is 10.6. The van der Waals surface area contributed by atoms with Crippen LogP contribution in [0.3, 0.4) is 0 Å². The van der Waals surface area contributed by atoms with Gasteiger partial charge >= 0.3 is 0 Å². The first-order valence-corrected chi connectivity index (χ1v) is 5.89. The summed E-state index contributed by atoms with van der Waals surface area (Å²) in [4.78, 5) is 0. The second-order valence-corrected chi connectivity index (χ2v) is 4.02. The number of aryl methyl sites for hydroxylation is 1. The summed E-state index contributed by atoms with van der Waals surface area (Å²) in [5.74, 6) is 0.699. The van der Waals surface area contributed by atoms with Gasteiger partial charge in [0.1, 0.15) is 5.75 Å². The van der Waals surface area contributed by atoms with Gasteiger partial charge in [0.05, 0.1) is 24.9 Å². The normalized spacial score (nSPS) is 10.1. The summed E-state index contributed by atoms with van der Waals surface area (Å²) in [6, 6.07) is 7.53. The van der Waals surface area contributed by atoms with Crippen LogP contribution in [0.4, 0.5) is 0 Å². The fraction of sp³-hybridized carbons (Fsp3) is 0.286. The number of aromatic nitrogens is 2. The maximum absolute atomic E-state index is 8.87. The van der Waals surface area contributed by atoms with E-state index in [0.29, 0.717) is 11.3 Å². The van der Waals surface area contributed by atoms with E-state index >= 15 is 0 Å². The van der Waals surface area contributed by atoms with E-state index in [4.69, 9.17) is 10.00 Å². The van der Waals surface area contributed by atoms with Crippen molar-refractivity contribution in [1.82, 2.24) is 9.78 Å². The molecule has 2 aromatic rings. The van der Waals surface area contributed by atoms with Gasteiger partial charge in [0.25, 0.3) is 0 Å². The number of ether oxygens (including phenoxy) is 1. The fourth-order valence-corrected chi connectivity index (χ4v) is 1.85. The molecular weight excluding hydrogens is 226 g/mol. The van der Waals surface area contributed by atoms with Crippen LogP contribution >= 0.6 is 0 Å². The lowest BCUT2D eigenvalue weighted by molar-refractivity contribution is 0.416. The fourth-order valence-electron chi connectivity index (χ4n) is 1.85. The molecule has 1 aromatic carbocycles. The minimum absolute atomic E-state index is 0.594. The SMILES string of the molecule is CCCn1cc(-c2ccc(C#N)cc2OC)cn1. The van der Waals surface area contributed by atoms with Crippen molar-refractivity contribution in [3.63, 3.8) is 0 Å². The second-order valence-electron chi connectivity index (χ2n) is 4.02. The molecule has 4 nitrogen and oxygen atoms in total. The predicted molar refractivity (Wildman–Crippen MR) is 69.2 cm³/mol. The summed E-state index contributed by atoms with van der Waals surface area (Å²) in [6.07, 6.45) is 4.86. The van der Waals surface area contributed by atoms with E-state index in [1.54, 1.807) is 19.2 Å². The van der Waals surface area contributed by atoms with Gasteiger partial charge in [-0.05, 0) is 24.6 Å². The summed E-state index contributed by atoms with van der Waals surface area (Å²) in [6.45, 7) is 3.02. The van der Waals surface area contributed by atoms with E-state index in [9.17, 15) is 0 Å². The molecule has 0 aliphatic carbocycles. The van der Waals surface area contributed by atoms with E-state index in [2.05, 4.69) is 18.1 Å². The van der Waals surface area contributed by atoms with Crippen LogP contribution < -0.4 is 4.74 Å². The molecule has 0 aliphatic rings. The molecule has 1 aromatic heterocycles. The number of hydrogen-bond donors (Lipinski definition) is 0. The molecule has 0 fully saturated rings. The van der Waals surface area contributed by atoms with Gasteiger partial charge in [0.15, 0.2) is 0 Å². The third kappa shape index (κ3) is 2.35. The van der Waals surface area contributed by atoms with Crippen molar-refractivity contribution < 1.29 is 4.74 Å². The molecule has 18 heavy (non-hydrogen) atoms. The highest BCUT2D eigenvalue weighted by molar-refractivity contribution is 5.70. The lowest BCUT2D eigenvalue weighted by atomic mass is 10.1. The number of nitrogens with zero attached hydrogens (tertiary/aromatic N) is 3. The number of benzene rings is 1. The van der Waals surface area contributed by atoms with Gasteiger partial charge in [-0.2, -0.15) is 10.4 Å². The molecule has 0 N–H and O–H groups in total. The van der Waals surface area contributed by atoms with E-state index < -0.39 is 0 Å². The molecular formula is C14H15N3O. The van der Waals surface area contributed by atoms with Crippen molar-refractivity contribution in [3.8, 4) is 22.9 Å². The van der Waals surface area contributed by atoms with Gasteiger partial charge in [0.2, 0.25) is 0 Å². The summed E-state index contributed by atoms with van der Waals surface area (Å²) in [5.41, 5.74) is 2.56. The Balaban J connectivity index is 2.40. The van der Waals surface area contributed by atoms with Crippen molar-refractivity contribution in [2.75, 3.05) is 7.11 Å². The minimum Gasteiger partial charge on any atom is -0.496 e. The first-order valence-electron chi connectivity index (χ1n) is 5.89. The van der Waals surface area contributed by atoms with Crippen LogP contribution in [0, 0.1) is 11.3 Å². The molecule has 0 aliphatic heterocycles. The van der Waals surface area contributed by atoms with Gasteiger partial charge in [-0.3, -0.25) is 4.68 Å². The number of methoxy groups -OCH3 is 1. The lowest BCUT2D eigenvalue weighted by Crippen LogP contribution is -1.95. The van der Waals surface area contributed by atoms with E-state index in [0.717, 1.165) is 24.1 Å². The molecule has 0 radical (unpaired) electrons. The van der Waals surface area contributed by atoms with Gasteiger partial charge in [-0.25, -0.2) is 0 Å². The summed E-state index contributed by atoms with van der Waals surface area (Å²) in [7, 11) is 1.61. The molecule has 0 spiro atoms. The molecule has 2 rings (SSSR count). The largest absolute Gasteiger partial charge is 0.496 e. The topological polar surface area (TPSA) is 50.8 Å². The Morgan fingerprint density at radius 3 is 2.94 bits per heavy atom. The van der Waals surface area contributed by atoms with Crippen molar-refractivity contribution in [1.29, 1.82) is 5.26 Å². The van der Waals surface area contributed by atoms with Crippen LogP contribution in [0.15, 0.2) is 30.6 Å². The zero-order chi connectivity index (χ0) is 13.0. The number of rotatable bonds is 4. The zero-order valence-electron chi connectivity index (χ0n) is 10.6. The Bertz CT molecular complexity index is 581. The summed E-state index contributed by atoms with van der Waals surface area (Å²) >= 11 is 0. The van der Waals surface area contributed by atoms with Gasteiger partial charge < -0.3 is 4.74 Å². The predicted octanol–water partition coefficient (Wildman–Crippen LogP) is 2.84. The van der Waals surface area contributed by atoms with Crippen molar-refractivity contribution in [2.24, 2.45) is 0 Å². The average Bonchev–Trinajstić information content (AvgIpc) is 2.87. The third-order valence-corrected chi connectivity index (χ3v) is 2.73. The standard InChI is InChI=1S/C14H15N3O/c1-3-6-17-10-12(9-16-17)13-5-4-11(8-15)7-14(13)18-2/h4-5,7,9-10H,3,6H2,1-2H3. The minimum atomic E-state index is 0.594. The first kappa shape index (κ1) is 12.2. The molecule has 4 heteroatoms. The molecule has 1 heterocycles. The Hall–Kier alpha value is -2.28. The average molecular weight is 241 g/mol. The number of hydrogen-bond acceptors (Lipinski definition) is 3. The van der Waals surface area contributed by atoms with Crippen LogP contribution in [0.25, 0.3) is 11.1 Å². The van der Waals surface area contributed by atoms with Crippen molar-refractivity contribution >= 4 is 0 Å². The highest BCUT2D eigenvalue weighted by atomic mass is 16.5. The van der Waals surface area contributed by atoms with E-state index in [-0.39, 0.29) is 0 Å². The Labute approximate surface area is 106 Å². The molecule has 0 atom stereocenters. The van der Waals surface area contributed by atoms with Crippen LogP contribution in [-0.4, -0.2) is 16.9 Å².